The lowest BCUT2D eigenvalue weighted by Gasteiger charge is -2.18. The molecule has 1 fully saturated rings. The van der Waals surface area contributed by atoms with Gasteiger partial charge in [-0.3, -0.25) is 9.59 Å². The van der Waals surface area contributed by atoms with Crippen LogP contribution < -0.4 is 10.1 Å². The Balaban J connectivity index is 2.00. The van der Waals surface area contributed by atoms with E-state index in [1.807, 2.05) is 13.8 Å². The molecule has 0 heterocycles. The van der Waals surface area contributed by atoms with Gasteiger partial charge in [-0.1, -0.05) is 11.6 Å². The molecule has 22 heavy (non-hydrogen) atoms. The van der Waals surface area contributed by atoms with E-state index in [1.54, 1.807) is 23.1 Å². The number of rotatable bonds is 6. The van der Waals surface area contributed by atoms with Gasteiger partial charge in [0.25, 0.3) is 0 Å². The van der Waals surface area contributed by atoms with Crippen LogP contribution in [-0.4, -0.2) is 36.9 Å². The molecule has 0 radical (unpaired) electrons. The highest BCUT2D eigenvalue weighted by atomic mass is 35.5. The third-order valence-corrected chi connectivity index (χ3v) is 4.17. The van der Waals surface area contributed by atoms with Gasteiger partial charge in [-0.15, -0.1) is 0 Å². The van der Waals surface area contributed by atoms with Crippen molar-refractivity contribution in [2.45, 2.75) is 20.3 Å². The van der Waals surface area contributed by atoms with Crippen molar-refractivity contribution in [3.05, 3.63) is 23.2 Å². The van der Waals surface area contributed by atoms with E-state index in [9.17, 15) is 9.59 Å². The summed E-state index contributed by atoms with van der Waals surface area (Å²) in [6.45, 7) is 5.22. The number of ether oxygens (including phenoxy) is 1. The first-order valence-corrected chi connectivity index (χ1v) is 7.82. The number of hydrogen-bond acceptors (Lipinski definition) is 3. The van der Waals surface area contributed by atoms with Crippen LogP contribution in [0.3, 0.4) is 0 Å². The summed E-state index contributed by atoms with van der Waals surface area (Å²) in [5.74, 6) is -0.0267. The molecule has 0 saturated heterocycles. The standard InChI is InChI=1S/C16H21ClN2O3/c1-4-19(5-2)16(21)12-9-11(12)15(20)18-13-8-10(17)6-7-14(13)22-3/h6-8,11-12H,4-5,9H2,1-3H3,(H,18,20). The van der Waals surface area contributed by atoms with Crippen LogP contribution in [0.2, 0.25) is 5.02 Å². The lowest BCUT2D eigenvalue weighted by atomic mass is 10.2. The SMILES string of the molecule is CCN(CC)C(=O)C1CC1C(=O)Nc1cc(Cl)ccc1OC. The van der Waals surface area contributed by atoms with Gasteiger partial charge in [-0.05, 0) is 38.5 Å². The highest BCUT2D eigenvalue weighted by molar-refractivity contribution is 6.31. The Bertz CT molecular complexity index is 573. The van der Waals surface area contributed by atoms with Crippen LogP contribution in [0.25, 0.3) is 0 Å². The Morgan fingerprint density at radius 1 is 1.32 bits per heavy atom. The molecule has 0 aromatic heterocycles. The fraction of sp³-hybridized carbons (Fsp3) is 0.500. The minimum Gasteiger partial charge on any atom is -0.495 e. The number of carbonyl (C=O) groups excluding carboxylic acids is 2. The smallest absolute Gasteiger partial charge is 0.228 e. The minimum absolute atomic E-state index is 0.0585. The average molecular weight is 325 g/mol. The van der Waals surface area contributed by atoms with Crippen molar-refractivity contribution in [2.24, 2.45) is 11.8 Å². The van der Waals surface area contributed by atoms with Crippen LogP contribution in [0.5, 0.6) is 5.75 Å². The Labute approximate surface area is 135 Å². The molecule has 1 saturated carbocycles. The molecular weight excluding hydrogens is 304 g/mol. The highest BCUT2D eigenvalue weighted by Gasteiger charge is 2.49. The zero-order valence-electron chi connectivity index (χ0n) is 13.1. The number of hydrogen-bond donors (Lipinski definition) is 1. The van der Waals surface area contributed by atoms with E-state index in [2.05, 4.69) is 5.32 Å². The number of benzene rings is 1. The molecule has 2 atom stereocenters. The molecule has 120 valence electrons. The average Bonchev–Trinajstić information content (AvgIpc) is 3.29. The van der Waals surface area contributed by atoms with E-state index < -0.39 is 0 Å². The number of nitrogens with one attached hydrogen (secondary N) is 1. The Morgan fingerprint density at radius 3 is 2.59 bits per heavy atom. The Kier molecular flexibility index (Phi) is 5.29. The molecule has 2 rings (SSSR count). The van der Waals surface area contributed by atoms with E-state index in [1.165, 1.54) is 7.11 Å². The summed E-state index contributed by atoms with van der Waals surface area (Å²) in [5.41, 5.74) is 0.529. The molecule has 1 aromatic carbocycles. The second-order valence-corrected chi connectivity index (χ2v) is 5.73. The zero-order chi connectivity index (χ0) is 16.3. The largest absolute Gasteiger partial charge is 0.495 e. The van der Waals surface area contributed by atoms with Crippen molar-refractivity contribution in [3.63, 3.8) is 0 Å². The second kappa shape index (κ2) is 7.01. The first-order chi connectivity index (χ1) is 10.5. The molecule has 5 nitrogen and oxygen atoms in total. The topological polar surface area (TPSA) is 58.6 Å². The third kappa shape index (κ3) is 3.53. The summed E-state index contributed by atoms with van der Waals surface area (Å²) in [7, 11) is 1.53. The van der Waals surface area contributed by atoms with Crippen LogP contribution in [-0.2, 0) is 9.59 Å². The van der Waals surface area contributed by atoms with Gasteiger partial charge in [0, 0.05) is 18.1 Å². The molecular formula is C16H21ClN2O3. The molecule has 1 aliphatic carbocycles. The molecule has 1 N–H and O–H groups in total. The van der Waals surface area contributed by atoms with Crippen LogP contribution in [0.15, 0.2) is 18.2 Å². The van der Waals surface area contributed by atoms with Gasteiger partial charge in [0.05, 0.1) is 24.6 Å². The molecule has 1 aromatic rings. The maximum Gasteiger partial charge on any atom is 0.228 e. The predicted molar refractivity (Wildman–Crippen MR) is 86.2 cm³/mol. The van der Waals surface area contributed by atoms with Crippen molar-refractivity contribution in [1.82, 2.24) is 4.90 Å². The van der Waals surface area contributed by atoms with Crippen molar-refractivity contribution < 1.29 is 14.3 Å². The monoisotopic (exact) mass is 324 g/mol. The minimum atomic E-state index is -0.267. The van der Waals surface area contributed by atoms with E-state index in [4.69, 9.17) is 16.3 Å². The normalized spacial score (nSPS) is 19.5. The number of carbonyl (C=O) groups is 2. The van der Waals surface area contributed by atoms with Gasteiger partial charge < -0.3 is 15.0 Å². The third-order valence-electron chi connectivity index (χ3n) is 3.94. The summed E-state index contributed by atoms with van der Waals surface area (Å²) in [5, 5.41) is 3.32. The fourth-order valence-electron chi connectivity index (χ4n) is 2.53. The van der Waals surface area contributed by atoms with Crippen LogP contribution in [0, 0.1) is 11.8 Å². The number of amides is 2. The van der Waals surface area contributed by atoms with E-state index >= 15 is 0 Å². The summed E-state index contributed by atoms with van der Waals surface area (Å²) >= 11 is 5.94. The first-order valence-electron chi connectivity index (χ1n) is 7.45. The predicted octanol–water partition coefficient (Wildman–Crippen LogP) is 2.79. The van der Waals surface area contributed by atoms with E-state index in [0.29, 0.717) is 36.0 Å². The van der Waals surface area contributed by atoms with Gasteiger partial charge in [0.2, 0.25) is 11.8 Å². The Morgan fingerprint density at radius 2 is 2.00 bits per heavy atom. The summed E-state index contributed by atoms with van der Waals surface area (Å²) in [6.07, 6.45) is 0.601. The first kappa shape index (κ1) is 16.6. The lowest BCUT2D eigenvalue weighted by Crippen LogP contribution is -2.33. The van der Waals surface area contributed by atoms with Crippen molar-refractivity contribution >= 4 is 29.1 Å². The summed E-state index contributed by atoms with van der Waals surface area (Å²) in [4.78, 5) is 26.3. The van der Waals surface area contributed by atoms with Gasteiger partial charge >= 0.3 is 0 Å². The number of nitrogens with zero attached hydrogens (tertiary/aromatic N) is 1. The molecule has 0 bridgehead atoms. The van der Waals surface area contributed by atoms with Crippen molar-refractivity contribution in [2.75, 3.05) is 25.5 Å². The van der Waals surface area contributed by atoms with Crippen LogP contribution in [0.1, 0.15) is 20.3 Å². The van der Waals surface area contributed by atoms with Gasteiger partial charge in [0.1, 0.15) is 5.75 Å². The van der Waals surface area contributed by atoms with Crippen molar-refractivity contribution in [1.29, 1.82) is 0 Å². The summed E-state index contributed by atoms with van der Waals surface area (Å²) in [6, 6.07) is 5.03. The molecule has 2 amide bonds. The number of anilines is 1. The summed E-state index contributed by atoms with van der Waals surface area (Å²) < 4.78 is 5.20. The highest BCUT2D eigenvalue weighted by Crippen LogP contribution is 2.41. The fourth-order valence-corrected chi connectivity index (χ4v) is 2.70. The second-order valence-electron chi connectivity index (χ2n) is 5.29. The Hall–Kier alpha value is -1.75. The number of halogens is 1. The molecule has 0 spiro atoms. The zero-order valence-corrected chi connectivity index (χ0v) is 13.8. The molecule has 2 unspecified atom stereocenters. The maximum absolute atomic E-state index is 12.3. The van der Waals surface area contributed by atoms with Crippen molar-refractivity contribution in [3.8, 4) is 5.75 Å². The lowest BCUT2D eigenvalue weighted by molar-refractivity contribution is -0.133. The van der Waals surface area contributed by atoms with Gasteiger partial charge in [-0.25, -0.2) is 0 Å². The molecule has 6 heteroatoms. The quantitative estimate of drug-likeness (QED) is 0.875. The van der Waals surface area contributed by atoms with Gasteiger partial charge in [0.15, 0.2) is 0 Å². The number of methoxy groups -OCH3 is 1. The molecule has 1 aliphatic rings. The van der Waals surface area contributed by atoms with Crippen LogP contribution in [0.4, 0.5) is 5.69 Å². The van der Waals surface area contributed by atoms with Crippen LogP contribution >= 0.6 is 11.6 Å². The molecule has 0 aliphatic heterocycles. The van der Waals surface area contributed by atoms with E-state index in [-0.39, 0.29) is 23.7 Å². The maximum atomic E-state index is 12.3. The van der Waals surface area contributed by atoms with E-state index in [0.717, 1.165) is 0 Å². The van der Waals surface area contributed by atoms with Gasteiger partial charge in [-0.2, -0.15) is 0 Å².